The first kappa shape index (κ1) is 18.5. The number of likely N-dealkylation sites (tertiary alicyclic amines) is 1. The van der Waals surface area contributed by atoms with Gasteiger partial charge in [0.2, 0.25) is 0 Å². The molecular weight excluding hydrogens is 321 g/mol. The van der Waals surface area contributed by atoms with E-state index in [1.54, 1.807) is 11.0 Å². The normalized spacial score (nSPS) is 17.0. The van der Waals surface area contributed by atoms with Gasteiger partial charge in [-0.2, -0.15) is 13.2 Å². The third kappa shape index (κ3) is 4.61. The number of halogens is 3. The van der Waals surface area contributed by atoms with Gasteiger partial charge >= 0.3 is 12.3 Å². The van der Waals surface area contributed by atoms with E-state index in [0.717, 1.165) is 5.56 Å². The first-order valence-corrected chi connectivity index (χ1v) is 7.99. The second-order valence-electron chi connectivity index (χ2n) is 7.17. The maximum atomic E-state index is 12.8. The zero-order chi connectivity index (χ0) is 18.1. The van der Waals surface area contributed by atoms with Gasteiger partial charge in [-0.15, -0.1) is 0 Å². The summed E-state index contributed by atoms with van der Waals surface area (Å²) in [4.78, 5) is 17.3. The van der Waals surface area contributed by atoms with Crippen LogP contribution in [0.5, 0.6) is 0 Å². The smallest absolute Gasteiger partial charge is 0.433 e. The van der Waals surface area contributed by atoms with Gasteiger partial charge in [0.1, 0.15) is 11.3 Å². The van der Waals surface area contributed by atoms with Crippen LogP contribution in [-0.2, 0) is 10.9 Å². The summed E-state index contributed by atoms with van der Waals surface area (Å²) in [5.41, 5.74) is -0.445. The molecule has 0 unspecified atom stereocenters. The lowest BCUT2D eigenvalue weighted by Crippen LogP contribution is -2.41. The quantitative estimate of drug-likeness (QED) is 0.752. The highest BCUT2D eigenvalue weighted by atomic mass is 19.4. The molecular formula is C17H23F3N2O2. The minimum atomic E-state index is -4.43. The number of aromatic nitrogens is 1. The van der Waals surface area contributed by atoms with Crippen LogP contribution in [0.3, 0.4) is 0 Å². The van der Waals surface area contributed by atoms with Crippen LogP contribution in [0, 0.1) is 6.92 Å². The Hall–Kier alpha value is -1.79. The van der Waals surface area contributed by atoms with Gasteiger partial charge in [0.25, 0.3) is 0 Å². The average Bonchev–Trinajstić information content (AvgIpc) is 2.44. The lowest BCUT2D eigenvalue weighted by atomic mass is 9.89. The van der Waals surface area contributed by atoms with Crippen molar-refractivity contribution >= 4 is 6.09 Å². The van der Waals surface area contributed by atoms with E-state index in [2.05, 4.69) is 4.98 Å². The van der Waals surface area contributed by atoms with E-state index in [-0.39, 0.29) is 17.6 Å². The zero-order valence-electron chi connectivity index (χ0n) is 14.4. The molecule has 1 aliphatic heterocycles. The van der Waals surface area contributed by atoms with Gasteiger partial charge in [0, 0.05) is 19.3 Å². The highest BCUT2D eigenvalue weighted by molar-refractivity contribution is 5.68. The second kappa shape index (κ2) is 6.61. The Balaban J connectivity index is 2.00. The molecule has 0 aliphatic carbocycles. The minimum absolute atomic E-state index is 0.108. The van der Waals surface area contributed by atoms with Crippen molar-refractivity contribution in [3.63, 3.8) is 0 Å². The standard InChI is InChI=1S/C17H23F3N2O2/c1-11-9-13(10-21-14(11)17(18,19)20)12-5-7-22(8-6-12)15(23)24-16(2,3)4/h9-10,12H,5-8H2,1-4H3. The number of carbonyl (C=O) groups is 1. The average molecular weight is 344 g/mol. The molecule has 0 spiro atoms. The van der Waals surface area contributed by atoms with Crippen molar-refractivity contribution in [2.45, 2.75) is 58.2 Å². The number of nitrogens with zero attached hydrogens (tertiary/aromatic N) is 2. The van der Waals surface area contributed by atoms with Crippen LogP contribution in [0.1, 0.15) is 56.4 Å². The Morgan fingerprint density at radius 2 is 1.83 bits per heavy atom. The number of rotatable bonds is 1. The molecule has 1 aromatic rings. The fourth-order valence-electron chi connectivity index (χ4n) is 2.84. The number of amides is 1. The largest absolute Gasteiger partial charge is 0.444 e. The number of aryl methyl sites for hydroxylation is 1. The van der Waals surface area contributed by atoms with Crippen molar-refractivity contribution in [2.75, 3.05) is 13.1 Å². The summed E-state index contributed by atoms with van der Waals surface area (Å²) in [7, 11) is 0. The number of hydrogen-bond acceptors (Lipinski definition) is 3. The Morgan fingerprint density at radius 1 is 1.25 bits per heavy atom. The van der Waals surface area contributed by atoms with Gasteiger partial charge in [-0.25, -0.2) is 4.79 Å². The number of pyridine rings is 1. The summed E-state index contributed by atoms with van der Waals surface area (Å²) in [5.74, 6) is 0.108. The third-order valence-electron chi connectivity index (χ3n) is 3.99. The van der Waals surface area contributed by atoms with E-state index < -0.39 is 17.5 Å². The molecule has 134 valence electrons. The van der Waals surface area contributed by atoms with Crippen LogP contribution in [0.4, 0.5) is 18.0 Å². The summed E-state index contributed by atoms with van der Waals surface area (Å²) in [6, 6.07) is 1.56. The molecule has 2 heterocycles. The number of piperidine rings is 1. The topological polar surface area (TPSA) is 42.4 Å². The molecule has 1 saturated heterocycles. The Kier molecular flexibility index (Phi) is 5.11. The Labute approximate surface area is 140 Å². The van der Waals surface area contributed by atoms with Crippen molar-refractivity contribution < 1.29 is 22.7 Å². The van der Waals surface area contributed by atoms with E-state index >= 15 is 0 Å². The molecule has 1 fully saturated rings. The fourth-order valence-corrected chi connectivity index (χ4v) is 2.84. The minimum Gasteiger partial charge on any atom is -0.444 e. The first-order chi connectivity index (χ1) is 11.0. The van der Waals surface area contributed by atoms with Crippen LogP contribution in [0.25, 0.3) is 0 Å². The summed E-state index contributed by atoms with van der Waals surface area (Å²) in [6.45, 7) is 7.92. The molecule has 0 radical (unpaired) electrons. The lowest BCUT2D eigenvalue weighted by Gasteiger charge is -2.33. The van der Waals surface area contributed by atoms with Crippen molar-refractivity contribution in [3.8, 4) is 0 Å². The Morgan fingerprint density at radius 3 is 2.29 bits per heavy atom. The molecule has 0 bridgehead atoms. The van der Waals surface area contributed by atoms with Gasteiger partial charge in [-0.3, -0.25) is 4.98 Å². The molecule has 2 rings (SSSR count). The van der Waals surface area contributed by atoms with E-state index in [9.17, 15) is 18.0 Å². The molecule has 0 saturated carbocycles. The molecule has 1 aromatic heterocycles. The summed E-state index contributed by atoms with van der Waals surface area (Å²) < 4.78 is 43.7. The van der Waals surface area contributed by atoms with E-state index in [1.807, 2.05) is 20.8 Å². The van der Waals surface area contributed by atoms with Crippen molar-refractivity contribution in [1.29, 1.82) is 0 Å². The van der Waals surface area contributed by atoms with E-state index in [0.29, 0.717) is 25.9 Å². The number of alkyl halides is 3. The highest BCUT2D eigenvalue weighted by Crippen LogP contribution is 2.33. The molecule has 4 nitrogen and oxygen atoms in total. The molecule has 1 amide bonds. The molecule has 1 aliphatic rings. The lowest BCUT2D eigenvalue weighted by molar-refractivity contribution is -0.141. The van der Waals surface area contributed by atoms with Gasteiger partial charge in [-0.1, -0.05) is 6.07 Å². The molecule has 0 atom stereocenters. The predicted octanol–water partition coefficient (Wildman–Crippen LogP) is 4.52. The first-order valence-electron chi connectivity index (χ1n) is 7.99. The maximum Gasteiger partial charge on any atom is 0.433 e. The van der Waals surface area contributed by atoms with Gasteiger partial charge in [0.15, 0.2) is 0 Å². The molecule has 7 heteroatoms. The predicted molar refractivity (Wildman–Crippen MR) is 83.8 cm³/mol. The highest BCUT2D eigenvalue weighted by Gasteiger charge is 2.35. The zero-order valence-corrected chi connectivity index (χ0v) is 14.4. The van der Waals surface area contributed by atoms with Crippen LogP contribution in [-0.4, -0.2) is 34.7 Å². The van der Waals surface area contributed by atoms with E-state index in [1.165, 1.54) is 13.1 Å². The van der Waals surface area contributed by atoms with Crippen LogP contribution in [0.2, 0.25) is 0 Å². The molecule has 0 N–H and O–H groups in total. The number of carbonyl (C=O) groups excluding carboxylic acids is 1. The Bertz CT molecular complexity index is 601. The van der Waals surface area contributed by atoms with Gasteiger partial charge < -0.3 is 9.64 Å². The number of hydrogen-bond donors (Lipinski definition) is 0. The second-order valence-corrected chi connectivity index (χ2v) is 7.17. The monoisotopic (exact) mass is 344 g/mol. The summed E-state index contributed by atoms with van der Waals surface area (Å²) in [5, 5.41) is 0. The van der Waals surface area contributed by atoms with Gasteiger partial charge in [0.05, 0.1) is 0 Å². The number of ether oxygens (including phenoxy) is 1. The van der Waals surface area contributed by atoms with Crippen LogP contribution in [0.15, 0.2) is 12.3 Å². The summed E-state index contributed by atoms with van der Waals surface area (Å²) in [6.07, 6.45) is -2.09. The molecule has 0 aromatic carbocycles. The van der Waals surface area contributed by atoms with Crippen LogP contribution < -0.4 is 0 Å². The molecule has 24 heavy (non-hydrogen) atoms. The van der Waals surface area contributed by atoms with Crippen molar-refractivity contribution in [3.05, 3.63) is 29.1 Å². The van der Waals surface area contributed by atoms with Crippen LogP contribution >= 0.6 is 0 Å². The van der Waals surface area contributed by atoms with Crippen molar-refractivity contribution in [2.24, 2.45) is 0 Å². The maximum absolute atomic E-state index is 12.8. The van der Waals surface area contributed by atoms with E-state index in [4.69, 9.17) is 4.74 Å². The van der Waals surface area contributed by atoms with Crippen molar-refractivity contribution in [1.82, 2.24) is 9.88 Å². The van der Waals surface area contributed by atoms with Gasteiger partial charge in [-0.05, 0) is 57.6 Å². The third-order valence-corrected chi connectivity index (χ3v) is 3.99. The summed E-state index contributed by atoms with van der Waals surface area (Å²) >= 11 is 0. The SMILES string of the molecule is Cc1cc(C2CCN(C(=O)OC(C)(C)C)CC2)cnc1C(F)(F)F. The fraction of sp³-hybridized carbons (Fsp3) is 0.647.